The fraction of sp³-hybridized carbons (Fsp3) is 0.421. The molecule has 0 spiro atoms. The Hall–Kier alpha value is -2.87. The van der Waals surface area contributed by atoms with Gasteiger partial charge in [-0.2, -0.15) is 5.10 Å². The number of carboxylic acids is 1. The standard InChI is InChI=1S/C19H23N3O5/c1-13(2)11-27-15-10-22(14-6-4-3-5-7-14)21-16(15)17(23)20-19(18(24)25)8-9-26-12-19/h3-7,10,13H,8-9,11-12H2,1-2H3,(H,20,23)(H,24,25). The Morgan fingerprint density at radius 1 is 1.37 bits per heavy atom. The Morgan fingerprint density at radius 2 is 2.11 bits per heavy atom. The van der Waals surface area contributed by atoms with E-state index in [1.807, 2.05) is 44.2 Å². The number of hydrogen-bond donors (Lipinski definition) is 2. The van der Waals surface area contributed by atoms with Crippen molar-refractivity contribution < 1.29 is 24.2 Å². The minimum absolute atomic E-state index is 0.0482. The highest BCUT2D eigenvalue weighted by Gasteiger charge is 2.44. The minimum atomic E-state index is -1.44. The van der Waals surface area contributed by atoms with Gasteiger partial charge in [0.2, 0.25) is 0 Å². The van der Waals surface area contributed by atoms with Crippen LogP contribution in [-0.4, -0.2) is 52.1 Å². The topological polar surface area (TPSA) is 103 Å². The fourth-order valence-electron chi connectivity index (χ4n) is 2.75. The molecule has 1 amide bonds. The summed E-state index contributed by atoms with van der Waals surface area (Å²) in [5.41, 5.74) is -0.627. The van der Waals surface area contributed by atoms with Crippen LogP contribution >= 0.6 is 0 Å². The lowest BCUT2D eigenvalue weighted by atomic mass is 9.99. The zero-order valence-corrected chi connectivity index (χ0v) is 15.3. The molecule has 1 fully saturated rings. The second-order valence-corrected chi connectivity index (χ2v) is 6.97. The predicted octanol–water partition coefficient (Wildman–Crippen LogP) is 1.88. The number of hydrogen-bond acceptors (Lipinski definition) is 5. The third-order valence-corrected chi connectivity index (χ3v) is 4.27. The molecule has 0 bridgehead atoms. The van der Waals surface area contributed by atoms with Crippen molar-refractivity contribution in [1.82, 2.24) is 15.1 Å². The van der Waals surface area contributed by atoms with Crippen molar-refractivity contribution in [3.63, 3.8) is 0 Å². The highest BCUT2D eigenvalue weighted by atomic mass is 16.5. The number of ether oxygens (including phenoxy) is 2. The minimum Gasteiger partial charge on any atom is -0.489 e. The van der Waals surface area contributed by atoms with Gasteiger partial charge in [-0.1, -0.05) is 32.0 Å². The molecule has 3 rings (SSSR count). The molecule has 0 saturated carbocycles. The highest BCUT2D eigenvalue weighted by molar-refractivity contribution is 5.98. The monoisotopic (exact) mass is 373 g/mol. The molecule has 1 atom stereocenters. The molecule has 144 valence electrons. The average Bonchev–Trinajstić information content (AvgIpc) is 3.28. The van der Waals surface area contributed by atoms with Gasteiger partial charge in [0.15, 0.2) is 17.0 Å². The Morgan fingerprint density at radius 3 is 2.70 bits per heavy atom. The molecule has 0 radical (unpaired) electrons. The van der Waals surface area contributed by atoms with E-state index in [0.29, 0.717) is 12.4 Å². The Kier molecular flexibility index (Phi) is 5.46. The third-order valence-electron chi connectivity index (χ3n) is 4.27. The smallest absolute Gasteiger partial charge is 0.331 e. The zero-order chi connectivity index (χ0) is 19.4. The van der Waals surface area contributed by atoms with Crippen molar-refractivity contribution in [2.45, 2.75) is 25.8 Å². The van der Waals surface area contributed by atoms with Crippen LogP contribution in [0, 0.1) is 5.92 Å². The van der Waals surface area contributed by atoms with Gasteiger partial charge in [-0.15, -0.1) is 0 Å². The summed E-state index contributed by atoms with van der Waals surface area (Å²) in [4.78, 5) is 24.5. The summed E-state index contributed by atoms with van der Waals surface area (Å²) < 4.78 is 12.5. The van der Waals surface area contributed by atoms with Crippen LogP contribution in [0.3, 0.4) is 0 Å². The van der Waals surface area contributed by atoms with E-state index in [1.54, 1.807) is 10.9 Å². The maximum atomic E-state index is 12.8. The number of carbonyl (C=O) groups excluding carboxylic acids is 1. The van der Waals surface area contributed by atoms with E-state index < -0.39 is 17.4 Å². The van der Waals surface area contributed by atoms with Crippen molar-refractivity contribution >= 4 is 11.9 Å². The fourth-order valence-corrected chi connectivity index (χ4v) is 2.75. The predicted molar refractivity (Wildman–Crippen MR) is 97.2 cm³/mol. The maximum absolute atomic E-state index is 12.8. The Bertz CT molecular complexity index is 810. The van der Waals surface area contributed by atoms with E-state index in [9.17, 15) is 14.7 Å². The number of aliphatic carboxylic acids is 1. The van der Waals surface area contributed by atoms with Gasteiger partial charge in [-0.25, -0.2) is 9.48 Å². The lowest BCUT2D eigenvalue weighted by molar-refractivity contribution is -0.144. The molecule has 1 aliphatic rings. The van der Waals surface area contributed by atoms with Crippen LogP contribution in [0.25, 0.3) is 5.69 Å². The summed E-state index contributed by atoms with van der Waals surface area (Å²) in [7, 11) is 0. The van der Waals surface area contributed by atoms with E-state index in [2.05, 4.69) is 10.4 Å². The van der Waals surface area contributed by atoms with Crippen molar-refractivity contribution in [2.24, 2.45) is 5.92 Å². The molecule has 2 aromatic rings. The average molecular weight is 373 g/mol. The number of amides is 1. The van der Waals surface area contributed by atoms with Crippen LogP contribution in [0.4, 0.5) is 0 Å². The van der Waals surface area contributed by atoms with Gasteiger partial charge < -0.3 is 19.9 Å². The number of benzene rings is 1. The summed E-state index contributed by atoms with van der Waals surface area (Å²) in [6.45, 7) is 4.61. The maximum Gasteiger partial charge on any atom is 0.331 e. The molecule has 1 aromatic carbocycles. The van der Waals surface area contributed by atoms with Crippen LogP contribution in [0.2, 0.25) is 0 Å². The van der Waals surface area contributed by atoms with Crippen LogP contribution in [0.15, 0.2) is 36.5 Å². The molecular weight excluding hydrogens is 350 g/mol. The highest BCUT2D eigenvalue weighted by Crippen LogP contribution is 2.24. The van der Waals surface area contributed by atoms with Crippen LogP contribution in [0.5, 0.6) is 5.75 Å². The number of nitrogens with zero attached hydrogens (tertiary/aromatic N) is 2. The largest absolute Gasteiger partial charge is 0.489 e. The molecule has 2 heterocycles. The van der Waals surface area contributed by atoms with E-state index in [4.69, 9.17) is 9.47 Å². The summed E-state index contributed by atoms with van der Waals surface area (Å²) in [5.74, 6) is -1.16. The first-order valence-corrected chi connectivity index (χ1v) is 8.83. The van der Waals surface area contributed by atoms with Crippen molar-refractivity contribution in [3.05, 3.63) is 42.2 Å². The van der Waals surface area contributed by atoms with Gasteiger partial charge in [0.25, 0.3) is 5.91 Å². The zero-order valence-electron chi connectivity index (χ0n) is 15.3. The van der Waals surface area contributed by atoms with Gasteiger partial charge in [-0.05, 0) is 18.1 Å². The first-order chi connectivity index (χ1) is 12.9. The lowest BCUT2D eigenvalue weighted by Crippen LogP contribution is -2.55. The Balaban J connectivity index is 1.90. The molecule has 27 heavy (non-hydrogen) atoms. The first kappa shape index (κ1) is 18.9. The van der Waals surface area contributed by atoms with E-state index in [1.165, 1.54) is 0 Å². The van der Waals surface area contributed by atoms with E-state index in [-0.39, 0.29) is 31.2 Å². The second kappa shape index (κ2) is 7.79. The summed E-state index contributed by atoms with van der Waals surface area (Å²) in [6, 6.07) is 9.31. The molecule has 8 heteroatoms. The summed E-state index contributed by atoms with van der Waals surface area (Å²) in [6.07, 6.45) is 1.83. The molecule has 1 unspecified atom stereocenters. The SMILES string of the molecule is CC(C)COc1cn(-c2ccccc2)nc1C(=O)NC1(C(=O)O)CCOC1. The summed E-state index contributed by atoms with van der Waals surface area (Å²) in [5, 5.41) is 16.5. The van der Waals surface area contributed by atoms with Gasteiger partial charge >= 0.3 is 5.97 Å². The van der Waals surface area contributed by atoms with Gasteiger partial charge in [0, 0.05) is 13.0 Å². The van der Waals surface area contributed by atoms with Crippen molar-refractivity contribution in [3.8, 4) is 11.4 Å². The van der Waals surface area contributed by atoms with Gasteiger partial charge in [0.1, 0.15) is 0 Å². The molecule has 1 aromatic heterocycles. The van der Waals surface area contributed by atoms with E-state index >= 15 is 0 Å². The third kappa shape index (κ3) is 4.11. The number of carboxylic acid groups (broad SMARTS) is 1. The molecule has 0 aliphatic carbocycles. The number of para-hydroxylation sites is 1. The van der Waals surface area contributed by atoms with Crippen LogP contribution < -0.4 is 10.1 Å². The quantitative estimate of drug-likeness (QED) is 0.768. The lowest BCUT2D eigenvalue weighted by Gasteiger charge is -2.23. The van der Waals surface area contributed by atoms with Crippen molar-refractivity contribution in [1.29, 1.82) is 0 Å². The van der Waals surface area contributed by atoms with Crippen molar-refractivity contribution in [2.75, 3.05) is 19.8 Å². The van der Waals surface area contributed by atoms with Gasteiger partial charge in [0.05, 0.1) is 25.1 Å². The van der Waals surface area contributed by atoms with Crippen LogP contribution in [0.1, 0.15) is 30.8 Å². The first-order valence-electron chi connectivity index (χ1n) is 8.83. The number of aromatic nitrogens is 2. The molecule has 2 N–H and O–H groups in total. The summed E-state index contributed by atoms with van der Waals surface area (Å²) >= 11 is 0. The molecule has 1 aliphatic heterocycles. The number of nitrogens with one attached hydrogen (secondary N) is 1. The van der Waals surface area contributed by atoms with E-state index in [0.717, 1.165) is 5.69 Å². The number of rotatable bonds is 7. The molecular formula is C19H23N3O5. The second-order valence-electron chi connectivity index (χ2n) is 6.97. The van der Waals surface area contributed by atoms with Crippen LogP contribution in [-0.2, 0) is 9.53 Å². The molecule has 1 saturated heterocycles. The normalized spacial score (nSPS) is 19.2. The van der Waals surface area contributed by atoms with Gasteiger partial charge in [-0.3, -0.25) is 4.79 Å². The molecule has 8 nitrogen and oxygen atoms in total. The number of carbonyl (C=O) groups is 2. The Labute approximate surface area is 157 Å².